The molecule has 2 N–H and O–H groups in total. The van der Waals surface area contributed by atoms with E-state index in [-0.39, 0.29) is 23.9 Å². The number of benzene rings is 2. The highest BCUT2D eigenvalue weighted by Crippen LogP contribution is 2.50. The van der Waals surface area contributed by atoms with E-state index in [0.29, 0.717) is 18.2 Å². The number of urea groups is 1. The van der Waals surface area contributed by atoms with Gasteiger partial charge in [0.15, 0.2) is 0 Å². The zero-order chi connectivity index (χ0) is 26.4. The number of carbonyl (C=O) groups excluding carboxylic acids is 1. The summed E-state index contributed by atoms with van der Waals surface area (Å²) in [7, 11) is 3.65. The number of anilines is 1. The predicted molar refractivity (Wildman–Crippen MR) is 143 cm³/mol. The van der Waals surface area contributed by atoms with Crippen molar-refractivity contribution < 1.29 is 23.8 Å². The number of halogens is 1. The highest BCUT2D eigenvalue weighted by molar-refractivity contribution is 5.92. The van der Waals surface area contributed by atoms with Crippen LogP contribution >= 0.6 is 0 Å². The lowest BCUT2D eigenvalue weighted by molar-refractivity contribution is -0.0124. The molecule has 3 aromatic rings. The zero-order valence-corrected chi connectivity index (χ0v) is 22.0. The van der Waals surface area contributed by atoms with Crippen LogP contribution in [-0.4, -0.2) is 78.6 Å². The number of methoxy groups -OCH3 is 1. The molecule has 9 heteroatoms. The number of nitrogens with one attached hydrogen (secondary N) is 1. The molecule has 6 rings (SSSR count). The average Bonchev–Trinajstić information content (AvgIpc) is 3.21. The summed E-state index contributed by atoms with van der Waals surface area (Å²) in [6.45, 7) is 4.68. The van der Waals surface area contributed by atoms with Crippen LogP contribution in [0.3, 0.4) is 0 Å². The highest BCUT2D eigenvalue weighted by Gasteiger charge is 2.54. The summed E-state index contributed by atoms with van der Waals surface area (Å²) >= 11 is 0. The van der Waals surface area contributed by atoms with Gasteiger partial charge in [0.25, 0.3) is 0 Å². The van der Waals surface area contributed by atoms with Gasteiger partial charge in [-0.1, -0.05) is 0 Å². The first kappa shape index (κ1) is 25.2. The summed E-state index contributed by atoms with van der Waals surface area (Å²) in [6.07, 6.45) is 2.17. The molecule has 1 aromatic heterocycles. The van der Waals surface area contributed by atoms with Crippen LogP contribution in [0.15, 0.2) is 42.5 Å². The zero-order valence-electron chi connectivity index (χ0n) is 22.0. The van der Waals surface area contributed by atoms with Crippen LogP contribution in [0.25, 0.3) is 10.9 Å². The van der Waals surface area contributed by atoms with Gasteiger partial charge < -0.3 is 34.3 Å². The second kappa shape index (κ2) is 9.87. The molecule has 0 bridgehead atoms. The number of hydrogen-bond donors (Lipinski definition) is 2. The molecule has 2 amide bonds. The summed E-state index contributed by atoms with van der Waals surface area (Å²) in [4.78, 5) is 17.9. The van der Waals surface area contributed by atoms with Gasteiger partial charge in [-0.2, -0.15) is 0 Å². The summed E-state index contributed by atoms with van der Waals surface area (Å²) in [5.41, 5.74) is 3.48. The molecule has 2 fully saturated rings. The topological polar surface area (TPSA) is 79.2 Å². The third kappa shape index (κ3) is 4.22. The van der Waals surface area contributed by atoms with Crippen LogP contribution in [0.2, 0.25) is 0 Å². The van der Waals surface area contributed by atoms with E-state index in [1.54, 1.807) is 24.1 Å². The van der Waals surface area contributed by atoms with Crippen LogP contribution in [0, 0.1) is 11.7 Å². The molecular weight excluding hydrogens is 487 g/mol. The fourth-order valence-corrected chi connectivity index (χ4v) is 6.79. The highest BCUT2D eigenvalue weighted by atomic mass is 19.1. The van der Waals surface area contributed by atoms with Gasteiger partial charge in [0, 0.05) is 74.7 Å². The number of aliphatic hydroxyl groups is 1. The van der Waals surface area contributed by atoms with Crippen LogP contribution in [0.5, 0.6) is 5.75 Å². The first-order valence-corrected chi connectivity index (χ1v) is 13.3. The Balaban J connectivity index is 1.37. The van der Waals surface area contributed by atoms with Crippen LogP contribution in [-0.2, 0) is 17.2 Å². The Labute approximate surface area is 221 Å². The number of amides is 2. The molecule has 0 saturated carbocycles. The van der Waals surface area contributed by atoms with Gasteiger partial charge in [-0.15, -0.1) is 0 Å². The quantitative estimate of drug-likeness (QED) is 0.532. The number of aliphatic hydroxyl groups excluding tert-OH is 1. The second-order valence-corrected chi connectivity index (χ2v) is 11.0. The molecule has 38 heavy (non-hydrogen) atoms. The van der Waals surface area contributed by atoms with E-state index in [9.17, 15) is 14.3 Å². The number of aromatic nitrogens is 1. The van der Waals surface area contributed by atoms with Crippen molar-refractivity contribution >= 4 is 22.6 Å². The lowest BCUT2D eigenvalue weighted by Gasteiger charge is -2.57. The summed E-state index contributed by atoms with van der Waals surface area (Å²) in [5, 5.41) is 14.7. The monoisotopic (exact) mass is 522 g/mol. The molecular formula is C29H35FN4O4. The van der Waals surface area contributed by atoms with Gasteiger partial charge in [-0.05, 0) is 60.7 Å². The Morgan fingerprint density at radius 3 is 2.58 bits per heavy atom. The molecule has 8 nitrogen and oxygen atoms in total. The van der Waals surface area contributed by atoms with Crippen molar-refractivity contribution in [2.24, 2.45) is 13.0 Å². The van der Waals surface area contributed by atoms with E-state index in [2.05, 4.69) is 20.9 Å². The van der Waals surface area contributed by atoms with Crippen molar-refractivity contribution in [1.82, 2.24) is 14.4 Å². The molecule has 1 spiro atoms. The van der Waals surface area contributed by atoms with Crippen molar-refractivity contribution in [3.8, 4) is 5.75 Å². The van der Waals surface area contributed by atoms with Crippen molar-refractivity contribution in [3.05, 3.63) is 59.5 Å². The van der Waals surface area contributed by atoms with Gasteiger partial charge in [-0.3, -0.25) is 0 Å². The number of nitrogens with zero attached hydrogens (tertiary/aromatic N) is 3. The Morgan fingerprint density at radius 2 is 1.89 bits per heavy atom. The van der Waals surface area contributed by atoms with Crippen molar-refractivity contribution in [2.45, 2.75) is 24.3 Å². The van der Waals surface area contributed by atoms with E-state index in [4.69, 9.17) is 9.47 Å². The standard InChI is InChI=1S/C29H35FN4O4/c1-32-24-13-22(37-2)7-8-23(24)26-27(32)25(15-35)34(28(36)31-21-5-3-20(30)4-6-21)18-29(26)16-33(17-29)14-19-9-11-38-12-10-19/h3-8,13,19,25,35H,9-12,14-18H2,1-2H3,(H,31,36)/t25-/m1/s1. The van der Waals surface area contributed by atoms with E-state index in [0.717, 1.165) is 68.0 Å². The van der Waals surface area contributed by atoms with Gasteiger partial charge in [-0.25, -0.2) is 9.18 Å². The van der Waals surface area contributed by atoms with E-state index in [1.807, 2.05) is 19.2 Å². The minimum Gasteiger partial charge on any atom is -0.497 e. The summed E-state index contributed by atoms with van der Waals surface area (Å²) in [6, 6.07) is 11.1. The molecule has 3 aliphatic heterocycles. The Morgan fingerprint density at radius 1 is 1.16 bits per heavy atom. The van der Waals surface area contributed by atoms with Crippen LogP contribution in [0.1, 0.15) is 30.1 Å². The molecule has 2 aromatic carbocycles. The maximum absolute atomic E-state index is 13.6. The van der Waals surface area contributed by atoms with E-state index >= 15 is 0 Å². The summed E-state index contributed by atoms with van der Waals surface area (Å²) in [5.74, 6) is 1.04. The Bertz CT molecular complexity index is 1330. The van der Waals surface area contributed by atoms with Gasteiger partial charge in [0.05, 0.1) is 25.3 Å². The minimum absolute atomic E-state index is 0.201. The molecule has 0 unspecified atom stereocenters. The fourth-order valence-electron chi connectivity index (χ4n) is 6.79. The Hall–Kier alpha value is -3.14. The molecule has 202 valence electrons. The largest absolute Gasteiger partial charge is 0.497 e. The summed E-state index contributed by atoms with van der Waals surface area (Å²) < 4.78 is 26.6. The second-order valence-electron chi connectivity index (χ2n) is 11.0. The SMILES string of the molecule is COc1ccc2c3c(n(C)c2c1)[C@@H](CO)N(C(=O)Nc1ccc(F)cc1)CC31CN(CC2CCOCC2)C1. The normalized spacial score (nSPS) is 21.4. The van der Waals surface area contributed by atoms with E-state index in [1.165, 1.54) is 17.7 Å². The molecule has 0 aliphatic carbocycles. The number of carbonyl (C=O) groups is 1. The first-order valence-electron chi connectivity index (χ1n) is 13.3. The van der Waals surface area contributed by atoms with Crippen molar-refractivity contribution in [3.63, 3.8) is 0 Å². The number of ether oxygens (including phenoxy) is 2. The first-order chi connectivity index (χ1) is 18.4. The average molecular weight is 523 g/mol. The molecule has 4 heterocycles. The number of fused-ring (bicyclic) bond motifs is 4. The lowest BCUT2D eigenvalue weighted by Crippen LogP contribution is -2.68. The van der Waals surface area contributed by atoms with Gasteiger partial charge >= 0.3 is 6.03 Å². The smallest absolute Gasteiger partial charge is 0.322 e. The van der Waals surface area contributed by atoms with Crippen molar-refractivity contribution in [1.29, 1.82) is 0 Å². The Kier molecular flexibility index (Phi) is 6.53. The van der Waals surface area contributed by atoms with Crippen LogP contribution in [0.4, 0.5) is 14.9 Å². The number of rotatable bonds is 5. The van der Waals surface area contributed by atoms with Gasteiger partial charge in [0.2, 0.25) is 0 Å². The molecule has 2 saturated heterocycles. The fraction of sp³-hybridized carbons (Fsp3) is 0.483. The third-order valence-electron chi connectivity index (χ3n) is 8.59. The van der Waals surface area contributed by atoms with E-state index < -0.39 is 6.04 Å². The molecule has 3 aliphatic rings. The number of likely N-dealkylation sites (tertiary alicyclic amines) is 1. The predicted octanol–water partition coefficient (Wildman–Crippen LogP) is 3.89. The number of hydrogen-bond acceptors (Lipinski definition) is 5. The number of aryl methyl sites for hydroxylation is 1. The molecule has 0 radical (unpaired) electrons. The molecule has 1 atom stereocenters. The maximum atomic E-state index is 13.6. The lowest BCUT2D eigenvalue weighted by atomic mass is 9.68. The van der Waals surface area contributed by atoms with Crippen LogP contribution < -0.4 is 10.1 Å². The van der Waals surface area contributed by atoms with Crippen molar-refractivity contribution in [2.75, 3.05) is 58.4 Å². The third-order valence-corrected chi connectivity index (χ3v) is 8.59. The maximum Gasteiger partial charge on any atom is 0.322 e. The van der Waals surface area contributed by atoms with Gasteiger partial charge in [0.1, 0.15) is 11.6 Å². The minimum atomic E-state index is -0.510.